The number of amidine groups is 1. The van der Waals surface area contributed by atoms with Crippen LogP contribution in [-0.2, 0) is 0 Å². The first kappa shape index (κ1) is 20.6. The van der Waals surface area contributed by atoms with Crippen LogP contribution in [0.1, 0.15) is 5.56 Å². The van der Waals surface area contributed by atoms with Gasteiger partial charge < -0.3 is 9.64 Å². The van der Waals surface area contributed by atoms with E-state index in [0.29, 0.717) is 39.2 Å². The molecule has 31 heavy (non-hydrogen) atoms. The monoisotopic (exact) mass is 433 g/mol. The Kier molecular flexibility index (Phi) is 5.44. The molecule has 2 aromatic heterocycles. The van der Waals surface area contributed by atoms with Crippen molar-refractivity contribution >= 4 is 28.3 Å². The number of halogens is 1. The molecule has 0 aliphatic heterocycles. The molecule has 0 spiro atoms. The van der Waals surface area contributed by atoms with Crippen molar-refractivity contribution in [2.75, 3.05) is 21.2 Å². The van der Waals surface area contributed by atoms with Crippen LogP contribution < -0.4 is 10.3 Å². The lowest BCUT2D eigenvalue weighted by molar-refractivity contribution is 0.415. The highest BCUT2D eigenvalue weighted by Crippen LogP contribution is 2.24. The van der Waals surface area contributed by atoms with E-state index in [1.54, 1.807) is 42.3 Å². The van der Waals surface area contributed by atoms with Crippen LogP contribution in [0.15, 0.2) is 65.6 Å². The fourth-order valence-electron chi connectivity index (χ4n) is 3.23. The fourth-order valence-corrected chi connectivity index (χ4v) is 3.35. The summed E-state index contributed by atoms with van der Waals surface area (Å²) in [5, 5.41) is 9.05. The van der Waals surface area contributed by atoms with E-state index in [-0.39, 0.29) is 5.56 Å². The van der Waals surface area contributed by atoms with Gasteiger partial charge in [0.2, 0.25) is 0 Å². The minimum Gasteiger partial charge on any atom is -0.497 e. The Morgan fingerprint density at radius 2 is 1.84 bits per heavy atom. The van der Waals surface area contributed by atoms with Crippen LogP contribution in [-0.4, -0.2) is 46.5 Å². The molecule has 0 saturated carbocycles. The molecule has 0 aliphatic carbocycles. The molecule has 156 valence electrons. The van der Waals surface area contributed by atoms with Crippen molar-refractivity contribution in [2.45, 2.75) is 0 Å². The number of benzene rings is 2. The zero-order chi connectivity index (χ0) is 22.1. The Morgan fingerprint density at radius 3 is 2.45 bits per heavy atom. The number of fused-ring (bicyclic) bond motifs is 1. The van der Waals surface area contributed by atoms with E-state index in [4.69, 9.17) is 26.7 Å². The van der Waals surface area contributed by atoms with Crippen molar-refractivity contribution in [1.29, 1.82) is 5.41 Å². The van der Waals surface area contributed by atoms with Gasteiger partial charge >= 0.3 is 0 Å². The summed E-state index contributed by atoms with van der Waals surface area (Å²) in [4.78, 5) is 24.3. The maximum atomic E-state index is 13.5. The molecule has 4 aromatic rings. The molecule has 0 amide bonds. The molecule has 0 atom stereocenters. The van der Waals surface area contributed by atoms with Gasteiger partial charge in [0.25, 0.3) is 5.56 Å². The maximum absolute atomic E-state index is 13.5. The van der Waals surface area contributed by atoms with Gasteiger partial charge in [0.1, 0.15) is 23.2 Å². The van der Waals surface area contributed by atoms with Crippen LogP contribution >= 0.6 is 11.6 Å². The van der Waals surface area contributed by atoms with Crippen molar-refractivity contribution < 1.29 is 4.74 Å². The van der Waals surface area contributed by atoms with E-state index in [0.717, 1.165) is 11.1 Å². The van der Waals surface area contributed by atoms with Gasteiger partial charge in [-0.1, -0.05) is 35.9 Å². The number of pyridine rings is 1. The minimum atomic E-state index is -0.265. The smallest absolute Gasteiger partial charge is 0.267 e. The Hall–Kier alpha value is -3.71. The lowest BCUT2D eigenvalue weighted by Gasteiger charge is -2.16. The zero-order valence-electron chi connectivity index (χ0n) is 17.3. The summed E-state index contributed by atoms with van der Waals surface area (Å²) in [5.74, 6) is 1.82. The topological polar surface area (TPSA) is 84.1 Å². The number of hydrogen-bond donors (Lipinski definition) is 1. The van der Waals surface area contributed by atoms with Crippen molar-refractivity contribution in [3.63, 3.8) is 0 Å². The summed E-state index contributed by atoms with van der Waals surface area (Å²) in [6.45, 7) is 0. The number of methoxy groups -OCH3 is 1. The molecule has 8 heteroatoms. The number of nitrogens with one attached hydrogen (secondary N) is 1. The van der Waals surface area contributed by atoms with E-state index in [1.165, 1.54) is 10.8 Å². The molecular formula is C23H20ClN5O2. The molecule has 0 bridgehead atoms. The highest BCUT2D eigenvalue weighted by atomic mass is 35.5. The quantitative estimate of drug-likeness (QED) is 0.388. The third-order valence-electron chi connectivity index (χ3n) is 4.88. The third kappa shape index (κ3) is 3.87. The second-order valence-electron chi connectivity index (χ2n) is 7.11. The second kappa shape index (κ2) is 8.20. The van der Waals surface area contributed by atoms with Gasteiger partial charge in [-0.3, -0.25) is 10.2 Å². The number of rotatable bonds is 4. The normalized spacial score (nSPS) is 10.8. The third-order valence-corrected chi connectivity index (χ3v) is 5.10. The lowest BCUT2D eigenvalue weighted by atomic mass is 10.1. The lowest BCUT2D eigenvalue weighted by Crippen LogP contribution is -2.23. The summed E-state index contributed by atoms with van der Waals surface area (Å²) >= 11 is 6.00. The molecule has 7 nitrogen and oxygen atoms in total. The predicted molar refractivity (Wildman–Crippen MR) is 123 cm³/mol. The Balaban J connectivity index is 1.97. The van der Waals surface area contributed by atoms with Gasteiger partial charge in [-0.05, 0) is 30.3 Å². The molecule has 2 aromatic carbocycles. The highest BCUT2D eigenvalue weighted by Gasteiger charge is 2.16. The first-order valence-electron chi connectivity index (χ1n) is 9.48. The van der Waals surface area contributed by atoms with Crippen LogP contribution in [0.5, 0.6) is 5.75 Å². The Morgan fingerprint density at radius 1 is 1.10 bits per heavy atom. The van der Waals surface area contributed by atoms with Gasteiger partial charge in [0.05, 0.1) is 23.0 Å². The first-order chi connectivity index (χ1) is 14.9. The zero-order valence-corrected chi connectivity index (χ0v) is 18.0. The van der Waals surface area contributed by atoms with Gasteiger partial charge in [-0.15, -0.1) is 0 Å². The number of ether oxygens (including phenoxy) is 1. The Bertz CT molecular complexity index is 1330. The largest absolute Gasteiger partial charge is 0.497 e. The molecule has 0 radical (unpaired) electrons. The van der Waals surface area contributed by atoms with Crippen LogP contribution in [0.2, 0.25) is 5.02 Å². The maximum Gasteiger partial charge on any atom is 0.267 e. The summed E-state index contributed by atoms with van der Waals surface area (Å²) in [7, 11) is 5.19. The van der Waals surface area contributed by atoms with Crippen molar-refractivity contribution in [1.82, 2.24) is 19.4 Å². The number of aromatic nitrogens is 3. The van der Waals surface area contributed by atoms with Crippen LogP contribution in [0.3, 0.4) is 0 Å². The number of nitrogens with zero attached hydrogens (tertiary/aromatic N) is 4. The van der Waals surface area contributed by atoms with Gasteiger partial charge in [-0.2, -0.15) is 0 Å². The van der Waals surface area contributed by atoms with E-state index in [9.17, 15) is 4.79 Å². The Labute approximate surface area is 184 Å². The van der Waals surface area contributed by atoms with Crippen molar-refractivity contribution in [3.05, 3.63) is 81.7 Å². The molecule has 0 aliphatic rings. The van der Waals surface area contributed by atoms with Crippen LogP contribution in [0.4, 0.5) is 0 Å². The highest BCUT2D eigenvalue weighted by molar-refractivity contribution is 6.30. The van der Waals surface area contributed by atoms with E-state index in [2.05, 4.69) is 4.98 Å². The van der Waals surface area contributed by atoms with E-state index >= 15 is 0 Å². The molecular weight excluding hydrogens is 414 g/mol. The molecule has 0 unspecified atom stereocenters. The van der Waals surface area contributed by atoms with Gasteiger partial charge in [0.15, 0.2) is 0 Å². The van der Waals surface area contributed by atoms with E-state index < -0.39 is 0 Å². The molecule has 2 heterocycles. The first-order valence-corrected chi connectivity index (χ1v) is 9.86. The van der Waals surface area contributed by atoms with E-state index in [1.807, 2.05) is 38.4 Å². The summed E-state index contributed by atoms with van der Waals surface area (Å²) in [5.41, 5.74) is 1.77. The van der Waals surface area contributed by atoms with Gasteiger partial charge in [-0.25, -0.2) is 14.5 Å². The van der Waals surface area contributed by atoms with Crippen molar-refractivity contribution in [3.8, 4) is 23.0 Å². The van der Waals surface area contributed by atoms with Crippen molar-refractivity contribution in [2.24, 2.45) is 0 Å². The van der Waals surface area contributed by atoms with Gasteiger partial charge in [0, 0.05) is 31.4 Å². The predicted octanol–water partition coefficient (Wildman–Crippen LogP) is 4.00. The molecule has 0 saturated heterocycles. The minimum absolute atomic E-state index is 0.265. The molecule has 4 rings (SSSR count). The summed E-state index contributed by atoms with van der Waals surface area (Å²) in [6.07, 6.45) is 1.49. The average molecular weight is 434 g/mol. The SMILES string of the molecule is COc1ccc2nc(-c3ccc(C(=N)N(C)C)cc3)n(-c3ccc(Cl)cn3)c(=O)c2c1. The summed E-state index contributed by atoms with van der Waals surface area (Å²) < 4.78 is 6.74. The number of hydrogen-bond acceptors (Lipinski definition) is 5. The summed E-state index contributed by atoms with van der Waals surface area (Å²) in [6, 6.07) is 15.9. The second-order valence-corrected chi connectivity index (χ2v) is 7.55. The fraction of sp³-hybridized carbons (Fsp3) is 0.130. The standard InChI is InChI=1S/C23H20ClN5O2/c1-28(2)21(25)14-4-6-15(7-5-14)22-27-19-10-9-17(31-3)12-18(19)23(30)29(22)20-11-8-16(24)13-26-20/h4-13,25H,1-3H3. The van der Waals surface area contributed by atoms with Crippen LogP contribution in [0, 0.1) is 5.41 Å². The molecule has 0 fully saturated rings. The molecule has 1 N–H and O–H groups in total. The van der Waals surface area contributed by atoms with Crippen LogP contribution in [0.25, 0.3) is 28.1 Å². The average Bonchev–Trinajstić information content (AvgIpc) is 2.79.